The second-order valence-corrected chi connectivity index (χ2v) is 8.74. The van der Waals surface area contributed by atoms with Gasteiger partial charge in [-0.05, 0) is 85.0 Å². The van der Waals surface area contributed by atoms with Crippen LogP contribution in [-0.4, -0.2) is 29.9 Å². The first kappa shape index (κ1) is 22.8. The maximum Gasteiger partial charge on any atom is 0.251 e. The van der Waals surface area contributed by atoms with Crippen LogP contribution in [0.3, 0.4) is 0 Å². The number of nitrogens with one attached hydrogen (secondary N) is 3. The van der Waals surface area contributed by atoms with Crippen LogP contribution < -0.4 is 16.0 Å². The van der Waals surface area contributed by atoms with E-state index in [9.17, 15) is 4.79 Å². The molecule has 0 atom stereocenters. The van der Waals surface area contributed by atoms with E-state index in [1.165, 1.54) is 0 Å². The Morgan fingerprint density at radius 1 is 0.970 bits per heavy atom. The van der Waals surface area contributed by atoms with Gasteiger partial charge in [0.2, 0.25) is 0 Å². The van der Waals surface area contributed by atoms with Gasteiger partial charge in [-0.3, -0.25) is 14.8 Å². The Hall–Kier alpha value is -3.38. The van der Waals surface area contributed by atoms with E-state index in [1.807, 2.05) is 63.2 Å². The molecule has 33 heavy (non-hydrogen) atoms. The van der Waals surface area contributed by atoms with Crippen LogP contribution in [0.15, 0.2) is 53.5 Å². The number of aliphatic imine (C=N–C) groups is 1. The number of benzene rings is 2. The van der Waals surface area contributed by atoms with Gasteiger partial charge < -0.3 is 16.0 Å². The number of hydrogen-bond acceptors (Lipinski definition) is 5. The number of guanidine groups is 1. The second kappa shape index (κ2) is 10.0. The molecule has 0 saturated heterocycles. The van der Waals surface area contributed by atoms with Gasteiger partial charge in [-0.15, -0.1) is 0 Å². The molecule has 0 radical (unpaired) electrons. The van der Waals surface area contributed by atoms with E-state index >= 15 is 0 Å². The topological polar surface area (TPSA) is 78.4 Å². The summed E-state index contributed by atoms with van der Waals surface area (Å²) in [5.74, 6) is 0.671. The van der Waals surface area contributed by atoms with Gasteiger partial charge in [0.1, 0.15) is 0 Å². The fourth-order valence-corrected chi connectivity index (χ4v) is 4.01. The van der Waals surface area contributed by atoms with Gasteiger partial charge in [-0.1, -0.05) is 23.7 Å². The third-order valence-corrected chi connectivity index (χ3v) is 5.90. The lowest BCUT2D eigenvalue weighted by atomic mass is 9.98. The first-order valence-corrected chi connectivity index (χ1v) is 11.4. The summed E-state index contributed by atoms with van der Waals surface area (Å²) >= 11 is 6.12. The molecule has 1 aliphatic rings. The van der Waals surface area contributed by atoms with Crippen molar-refractivity contribution in [1.29, 1.82) is 0 Å². The first-order valence-electron chi connectivity index (χ1n) is 11.0. The van der Waals surface area contributed by atoms with Crippen LogP contribution in [-0.2, 0) is 13.1 Å². The van der Waals surface area contributed by atoms with Crippen molar-refractivity contribution >= 4 is 23.5 Å². The van der Waals surface area contributed by atoms with E-state index in [-0.39, 0.29) is 5.91 Å². The zero-order valence-corrected chi connectivity index (χ0v) is 19.9. The lowest BCUT2D eigenvalue weighted by Crippen LogP contribution is -2.33. The number of rotatable bonds is 6. The maximum atomic E-state index is 13.1. The monoisotopic (exact) mass is 461 g/mol. The normalized spacial score (nSPS) is 12.8. The minimum atomic E-state index is -0.121. The van der Waals surface area contributed by atoms with Crippen molar-refractivity contribution in [2.75, 3.05) is 13.1 Å². The van der Waals surface area contributed by atoms with Crippen molar-refractivity contribution in [3.05, 3.63) is 87.2 Å². The number of aryl methyl sites for hydroxylation is 3. The number of hydrogen-bond donors (Lipinski definition) is 3. The second-order valence-electron chi connectivity index (χ2n) is 8.33. The lowest BCUT2D eigenvalue weighted by molar-refractivity contribution is 0.0951. The molecule has 1 aromatic heterocycles. The van der Waals surface area contributed by atoms with Crippen LogP contribution >= 0.6 is 11.6 Å². The molecular weight excluding hydrogens is 434 g/mol. The third kappa shape index (κ3) is 5.90. The van der Waals surface area contributed by atoms with Crippen molar-refractivity contribution in [2.24, 2.45) is 4.99 Å². The van der Waals surface area contributed by atoms with Gasteiger partial charge in [-0.2, -0.15) is 0 Å². The average Bonchev–Trinajstić information content (AvgIpc) is 3.31. The Kier molecular flexibility index (Phi) is 6.94. The predicted octanol–water partition coefficient (Wildman–Crippen LogP) is 4.31. The summed E-state index contributed by atoms with van der Waals surface area (Å²) in [6, 6.07) is 15.8. The number of halogens is 1. The molecule has 1 amide bonds. The fraction of sp³-hybridized carbons (Fsp3) is 0.269. The Bertz CT molecular complexity index is 1200. The van der Waals surface area contributed by atoms with E-state index in [1.54, 1.807) is 0 Å². The molecule has 0 saturated carbocycles. The Morgan fingerprint density at radius 2 is 1.73 bits per heavy atom. The van der Waals surface area contributed by atoms with Crippen LogP contribution in [0.5, 0.6) is 0 Å². The van der Waals surface area contributed by atoms with Crippen LogP contribution in [0.2, 0.25) is 5.02 Å². The molecular formula is C26H28ClN5O. The molecule has 0 fully saturated rings. The number of amides is 1. The zero-order chi connectivity index (χ0) is 23.4. The average molecular weight is 462 g/mol. The number of aromatic nitrogens is 1. The number of carbonyl (C=O) groups is 1. The lowest BCUT2D eigenvalue weighted by Gasteiger charge is -2.13. The largest absolute Gasteiger partial charge is 0.355 e. The van der Waals surface area contributed by atoms with E-state index < -0.39 is 0 Å². The van der Waals surface area contributed by atoms with Gasteiger partial charge in [0.15, 0.2) is 5.96 Å². The Labute approximate surface area is 199 Å². The summed E-state index contributed by atoms with van der Waals surface area (Å²) in [6.45, 7) is 8.54. The standard InChI is InChI=1S/C26H28ClN5O/c1-16-8-19(4-5-24(16)27)14-30-25(33)23-12-20(15-31-26-28-6-7-29-26)11-22(13-23)21-9-17(2)32-18(3)10-21/h4-5,8-13H,6-7,14-15H2,1-3H3,(H,30,33)(H2,28,29,31). The van der Waals surface area contributed by atoms with E-state index in [0.717, 1.165) is 63.3 Å². The summed E-state index contributed by atoms with van der Waals surface area (Å²) in [6.07, 6.45) is 0. The first-order chi connectivity index (χ1) is 15.9. The molecule has 7 heteroatoms. The predicted molar refractivity (Wildman–Crippen MR) is 134 cm³/mol. The SMILES string of the molecule is Cc1cc(-c2cc(CNC3=NCCN3)cc(C(=O)NCc3ccc(Cl)c(C)c3)c2)cc(C)n1. The van der Waals surface area contributed by atoms with Crippen molar-refractivity contribution < 1.29 is 4.79 Å². The van der Waals surface area contributed by atoms with Gasteiger partial charge in [-0.25, -0.2) is 0 Å². The highest BCUT2D eigenvalue weighted by Gasteiger charge is 2.12. The molecule has 2 heterocycles. The van der Waals surface area contributed by atoms with Crippen LogP contribution in [0.1, 0.15) is 38.4 Å². The summed E-state index contributed by atoms with van der Waals surface area (Å²) in [5.41, 5.74) is 7.54. The molecule has 0 bridgehead atoms. The third-order valence-electron chi connectivity index (χ3n) is 5.48. The zero-order valence-electron chi connectivity index (χ0n) is 19.1. The molecule has 6 nitrogen and oxygen atoms in total. The summed E-state index contributed by atoms with van der Waals surface area (Å²) in [7, 11) is 0. The summed E-state index contributed by atoms with van der Waals surface area (Å²) < 4.78 is 0. The molecule has 0 spiro atoms. The molecule has 0 aliphatic carbocycles. The molecule has 4 rings (SSSR count). The van der Waals surface area contributed by atoms with Crippen LogP contribution in [0.4, 0.5) is 0 Å². The maximum absolute atomic E-state index is 13.1. The minimum absolute atomic E-state index is 0.121. The van der Waals surface area contributed by atoms with Crippen molar-refractivity contribution in [2.45, 2.75) is 33.9 Å². The molecule has 0 unspecified atom stereocenters. The highest BCUT2D eigenvalue weighted by Crippen LogP contribution is 2.24. The van der Waals surface area contributed by atoms with E-state index in [2.05, 4.69) is 32.0 Å². The van der Waals surface area contributed by atoms with Crippen molar-refractivity contribution in [1.82, 2.24) is 20.9 Å². The fourth-order valence-electron chi connectivity index (χ4n) is 3.90. The van der Waals surface area contributed by atoms with Crippen LogP contribution in [0.25, 0.3) is 11.1 Å². The van der Waals surface area contributed by atoms with E-state index in [4.69, 9.17) is 11.6 Å². The van der Waals surface area contributed by atoms with Crippen molar-refractivity contribution in [3.63, 3.8) is 0 Å². The van der Waals surface area contributed by atoms with E-state index in [0.29, 0.717) is 18.7 Å². The Morgan fingerprint density at radius 3 is 2.42 bits per heavy atom. The highest BCUT2D eigenvalue weighted by atomic mass is 35.5. The Balaban J connectivity index is 1.59. The van der Waals surface area contributed by atoms with Gasteiger partial charge >= 0.3 is 0 Å². The molecule has 3 N–H and O–H groups in total. The van der Waals surface area contributed by atoms with Crippen LogP contribution in [0, 0.1) is 20.8 Å². The molecule has 3 aromatic rings. The number of pyridine rings is 1. The molecule has 1 aliphatic heterocycles. The number of nitrogens with zero attached hydrogens (tertiary/aromatic N) is 2. The highest BCUT2D eigenvalue weighted by molar-refractivity contribution is 6.31. The molecule has 2 aromatic carbocycles. The minimum Gasteiger partial charge on any atom is -0.355 e. The summed E-state index contributed by atoms with van der Waals surface area (Å²) in [5, 5.41) is 10.3. The van der Waals surface area contributed by atoms with Gasteiger partial charge in [0.25, 0.3) is 5.91 Å². The quantitative estimate of drug-likeness (QED) is 0.511. The van der Waals surface area contributed by atoms with Crippen molar-refractivity contribution in [3.8, 4) is 11.1 Å². The smallest absolute Gasteiger partial charge is 0.251 e. The number of carbonyl (C=O) groups excluding carboxylic acids is 1. The molecule has 170 valence electrons. The summed E-state index contributed by atoms with van der Waals surface area (Å²) in [4.78, 5) is 22.0. The van der Waals surface area contributed by atoms with Gasteiger partial charge in [0.05, 0.1) is 6.54 Å². The van der Waals surface area contributed by atoms with Gasteiger partial charge in [0, 0.05) is 41.6 Å².